The fourth-order valence-corrected chi connectivity index (χ4v) is 4.56. The Morgan fingerprint density at radius 3 is 2.65 bits per heavy atom. The molecule has 0 saturated carbocycles. The van der Waals surface area contributed by atoms with E-state index in [0.717, 1.165) is 32.1 Å². The first-order chi connectivity index (χ1) is 14.6. The topological polar surface area (TPSA) is 83.2 Å². The number of carboxylic acids is 1. The van der Waals surface area contributed by atoms with Crippen LogP contribution in [-0.4, -0.2) is 23.2 Å². The maximum Gasteiger partial charge on any atom is 0.304 e. The molecule has 0 spiro atoms. The maximum atomic E-state index is 11.6. The lowest BCUT2D eigenvalue weighted by atomic mass is 9.84. The number of rotatable bonds is 7. The van der Waals surface area contributed by atoms with Gasteiger partial charge < -0.3 is 9.84 Å². The molecule has 1 heterocycles. The number of thiazole rings is 1. The highest BCUT2D eigenvalue weighted by Crippen LogP contribution is 2.39. The van der Waals surface area contributed by atoms with Crippen LogP contribution in [0.1, 0.15) is 47.2 Å². The fourth-order valence-electron chi connectivity index (χ4n) is 3.41. The number of carboxylic acid groups (broad SMARTS) is 1. The number of halogens is 1. The number of nitriles is 1. The molecule has 5 nitrogen and oxygen atoms in total. The second kappa shape index (κ2) is 9.09. The molecule has 1 N–H and O–H groups in total. The average Bonchev–Trinajstić information content (AvgIpc) is 3.16. The van der Waals surface area contributed by atoms with Crippen molar-refractivity contribution in [2.24, 2.45) is 0 Å². The zero-order valence-electron chi connectivity index (χ0n) is 17.8. The fraction of sp³-hybridized carbons (Fsp3) is 0.292. The van der Waals surface area contributed by atoms with Crippen molar-refractivity contribution in [3.63, 3.8) is 0 Å². The quantitative estimate of drug-likeness (QED) is 0.460. The van der Waals surface area contributed by atoms with Crippen LogP contribution < -0.4 is 4.74 Å². The average molecular weight is 455 g/mol. The Kier molecular flexibility index (Phi) is 6.68. The standard InChI is InChI=1S/C24H23ClN2O3S/c1-14-12-27-23(31-14)20(11-22(28)29)16-7-15(8-18(25)9-16)19-10-17(24(2,3)13-26)5-6-21(19)30-4/h5-10,12,20H,11H2,1-4H3,(H,28,29). The first-order valence-electron chi connectivity index (χ1n) is 9.69. The Bertz CT molecular complexity index is 1160. The molecule has 31 heavy (non-hydrogen) atoms. The first kappa shape index (κ1) is 22.8. The molecule has 1 atom stereocenters. The molecule has 0 fully saturated rings. The third kappa shape index (κ3) is 5.07. The second-order valence-electron chi connectivity index (χ2n) is 7.88. The summed E-state index contributed by atoms with van der Waals surface area (Å²) >= 11 is 7.95. The zero-order valence-corrected chi connectivity index (χ0v) is 19.3. The zero-order chi connectivity index (χ0) is 22.8. The summed E-state index contributed by atoms with van der Waals surface area (Å²) in [7, 11) is 1.59. The molecule has 1 unspecified atom stereocenters. The highest BCUT2D eigenvalue weighted by atomic mass is 35.5. The van der Waals surface area contributed by atoms with E-state index in [2.05, 4.69) is 11.1 Å². The number of hydrogen-bond donors (Lipinski definition) is 1. The SMILES string of the molecule is COc1ccc(C(C)(C)C#N)cc1-c1cc(Cl)cc(C(CC(=O)O)c2ncc(C)s2)c1. The number of ether oxygens (including phenoxy) is 1. The van der Waals surface area contributed by atoms with Gasteiger partial charge in [0.15, 0.2) is 0 Å². The predicted octanol–water partition coefficient (Wildman–Crippen LogP) is 6.19. The van der Waals surface area contributed by atoms with E-state index in [9.17, 15) is 15.2 Å². The van der Waals surface area contributed by atoms with Gasteiger partial charge in [0, 0.05) is 27.6 Å². The van der Waals surface area contributed by atoms with Crippen molar-refractivity contribution in [2.45, 2.75) is 38.5 Å². The summed E-state index contributed by atoms with van der Waals surface area (Å²) in [4.78, 5) is 17.0. The van der Waals surface area contributed by atoms with Crippen molar-refractivity contribution in [1.29, 1.82) is 5.26 Å². The van der Waals surface area contributed by atoms with Gasteiger partial charge in [-0.25, -0.2) is 4.98 Å². The van der Waals surface area contributed by atoms with E-state index >= 15 is 0 Å². The Morgan fingerprint density at radius 1 is 1.32 bits per heavy atom. The van der Waals surface area contributed by atoms with Crippen LogP contribution in [0.15, 0.2) is 42.6 Å². The van der Waals surface area contributed by atoms with Gasteiger partial charge >= 0.3 is 5.97 Å². The highest BCUT2D eigenvalue weighted by molar-refractivity contribution is 7.11. The minimum atomic E-state index is -0.908. The lowest BCUT2D eigenvalue weighted by Crippen LogP contribution is -2.14. The van der Waals surface area contributed by atoms with Gasteiger partial charge in [-0.2, -0.15) is 5.26 Å². The molecule has 0 aliphatic heterocycles. The number of hydrogen-bond acceptors (Lipinski definition) is 5. The summed E-state index contributed by atoms with van der Waals surface area (Å²) in [5, 5.41) is 20.3. The lowest BCUT2D eigenvalue weighted by Gasteiger charge is -2.20. The molecular weight excluding hydrogens is 432 g/mol. The van der Waals surface area contributed by atoms with E-state index in [-0.39, 0.29) is 6.42 Å². The molecule has 3 rings (SSSR count). The Balaban J connectivity index is 2.17. The van der Waals surface area contributed by atoms with Crippen molar-refractivity contribution in [3.05, 3.63) is 68.6 Å². The van der Waals surface area contributed by atoms with Gasteiger partial charge in [0.2, 0.25) is 0 Å². The molecule has 0 aliphatic rings. The Hall–Kier alpha value is -2.88. The summed E-state index contributed by atoms with van der Waals surface area (Å²) < 4.78 is 5.56. The number of aliphatic carboxylic acids is 1. The molecular formula is C24H23ClN2O3S. The van der Waals surface area contributed by atoms with Crippen molar-refractivity contribution < 1.29 is 14.6 Å². The van der Waals surface area contributed by atoms with Gasteiger partial charge in [0.05, 0.1) is 25.0 Å². The smallest absolute Gasteiger partial charge is 0.304 e. The summed E-state index contributed by atoms with van der Waals surface area (Å²) in [5.41, 5.74) is 2.53. The second-order valence-corrected chi connectivity index (χ2v) is 9.59. The molecule has 0 amide bonds. The summed E-state index contributed by atoms with van der Waals surface area (Å²) in [5.74, 6) is -0.682. The van der Waals surface area contributed by atoms with Gasteiger partial charge in [-0.1, -0.05) is 23.7 Å². The molecule has 0 bridgehead atoms. The summed E-state index contributed by atoms with van der Waals surface area (Å²) in [6.45, 7) is 5.65. The van der Waals surface area contributed by atoms with Crippen molar-refractivity contribution in [3.8, 4) is 22.9 Å². The van der Waals surface area contributed by atoms with Crippen LogP contribution in [-0.2, 0) is 10.2 Å². The van der Waals surface area contributed by atoms with Crippen LogP contribution in [0.2, 0.25) is 5.02 Å². The van der Waals surface area contributed by atoms with Gasteiger partial charge in [-0.15, -0.1) is 11.3 Å². The van der Waals surface area contributed by atoms with Crippen LogP contribution in [0.3, 0.4) is 0 Å². The summed E-state index contributed by atoms with van der Waals surface area (Å²) in [6, 6.07) is 13.5. The molecule has 1 aromatic heterocycles. The maximum absolute atomic E-state index is 11.6. The number of carbonyl (C=O) groups is 1. The van der Waals surface area contributed by atoms with Crippen LogP contribution in [0.5, 0.6) is 5.75 Å². The van der Waals surface area contributed by atoms with E-state index in [1.807, 2.05) is 51.1 Å². The monoisotopic (exact) mass is 454 g/mol. The molecule has 0 radical (unpaired) electrons. The van der Waals surface area contributed by atoms with Crippen LogP contribution in [0.4, 0.5) is 0 Å². The van der Waals surface area contributed by atoms with E-state index < -0.39 is 17.3 Å². The van der Waals surface area contributed by atoms with Gasteiger partial charge in [0.1, 0.15) is 10.8 Å². The van der Waals surface area contributed by atoms with Crippen LogP contribution in [0.25, 0.3) is 11.1 Å². The number of aromatic nitrogens is 1. The van der Waals surface area contributed by atoms with E-state index in [4.69, 9.17) is 16.3 Å². The molecule has 3 aromatic rings. The number of methoxy groups -OCH3 is 1. The van der Waals surface area contributed by atoms with Crippen LogP contribution >= 0.6 is 22.9 Å². The normalized spacial score (nSPS) is 12.3. The summed E-state index contributed by atoms with van der Waals surface area (Å²) in [6.07, 6.45) is 1.65. The van der Waals surface area contributed by atoms with E-state index in [0.29, 0.717) is 10.8 Å². The van der Waals surface area contributed by atoms with Gasteiger partial charge in [-0.3, -0.25) is 4.79 Å². The molecule has 7 heteroatoms. The molecule has 0 saturated heterocycles. The van der Waals surface area contributed by atoms with E-state index in [1.54, 1.807) is 19.4 Å². The highest BCUT2D eigenvalue weighted by Gasteiger charge is 2.24. The lowest BCUT2D eigenvalue weighted by molar-refractivity contribution is -0.137. The van der Waals surface area contributed by atoms with Gasteiger partial charge in [0.25, 0.3) is 0 Å². The van der Waals surface area contributed by atoms with Gasteiger partial charge in [-0.05, 0) is 61.7 Å². The van der Waals surface area contributed by atoms with E-state index in [1.165, 1.54) is 11.3 Å². The van der Waals surface area contributed by atoms with Crippen molar-refractivity contribution >= 4 is 28.9 Å². The largest absolute Gasteiger partial charge is 0.496 e. The molecule has 0 aliphatic carbocycles. The molecule has 2 aromatic carbocycles. The Morgan fingerprint density at radius 2 is 2.06 bits per heavy atom. The predicted molar refractivity (Wildman–Crippen MR) is 123 cm³/mol. The third-order valence-electron chi connectivity index (χ3n) is 5.15. The Labute approximate surface area is 190 Å². The first-order valence-corrected chi connectivity index (χ1v) is 10.9. The minimum Gasteiger partial charge on any atom is -0.496 e. The minimum absolute atomic E-state index is 0.0919. The third-order valence-corrected chi connectivity index (χ3v) is 6.39. The van der Waals surface area contributed by atoms with Crippen molar-refractivity contribution in [2.75, 3.05) is 7.11 Å². The number of aryl methyl sites for hydroxylation is 1. The number of nitrogens with zero attached hydrogens (tertiary/aromatic N) is 2. The molecule has 160 valence electrons. The van der Waals surface area contributed by atoms with Crippen LogP contribution in [0, 0.1) is 18.3 Å². The van der Waals surface area contributed by atoms with Crippen molar-refractivity contribution in [1.82, 2.24) is 4.98 Å². The number of benzene rings is 2.